The summed E-state index contributed by atoms with van der Waals surface area (Å²) in [4.78, 5) is 19.2. The zero-order valence-corrected chi connectivity index (χ0v) is 15.4. The first kappa shape index (κ1) is 16.6. The molecule has 0 unspecified atom stereocenters. The number of rotatable bonds is 5. The van der Waals surface area contributed by atoms with Gasteiger partial charge in [-0.1, -0.05) is 0 Å². The van der Waals surface area contributed by atoms with Gasteiger partial charge in [-0.25, -0.2) is 9.78 Å². The summed E-state index contributed by atoms with van der Waals surface area (Å²) in [6, 6.07) is 3.83. The van der Waals surface area contributed by atoms with Gasteiger partial charge in [-0.15, -0.1) is 11.3 Å². The Morgan fingerprint density at radius 2 is 2.04 bits per heavy atom. The molecule has 3 heterocycles. The van der Waals surface area contributed by atoms with Crippen LogP contribution in [0, 0.1) is 0 Å². The number of imidazole rings is 1. The zero-order chi connectivity index (χ0) is 17.4. The molecule has 2 aliphatic rings. The van der Waals surface area contributed by atoms with Crippen molar-refractivity contribution >= 4 is 22.3 Å². The molecule has 0 N–H and O–H groups in total. The third kappa shape index (κ3) is 3.06. The van der Waals surface area contributed by atoms with Crippen LogP contribution >= 0.6 is 11.3 Å². The number of hydrogen-bond donors (Lipinski definition) is 0. The molecule has 134 valence electrons. The number of nitrogens with zero attached hydrogens (tertiary/aromatic N) is 3. The van der Waals surface area contributed by atoms with Crippen LogP contribution in [0.3, 0.4) is 0 Å². The first-order valence-electron chi connectivity index (χ1n) is 8.68. The standard InChI is InChI=1S/C18H23N3O3S/c1-23-17(22)15-5-6-16(25-15)20-9-7-18(24-2,8-10-20)21-11-14(19-12-21)13-3-4-13/h5-6,11-13H,3-4,7-10H2,1-2H3. The second-order valence-corrected chi connectivity index (χ2v) is 7.81. The smallest absolute Gasteiger partial charge is 0.348 e. The largest absolute Gasteiger partial charge is 0.465 e. The number of hydrogen-bond acceptors (Lipinski definition) is 6. The molecule has 0 spiro atoms. The summed E-state index contributed by atoms with van der Waals surface area (Å²) in [5.74, 6) is 0.378. The lowest BCUT2D eigenvalue weighted by atomic mass is 10.00. The van der Waals surface area contributed by atoms with Gasteiger partial charge in [0.2, 0.25) is 0 Å². The first-order valence-corrected chi connectivity index (χ1v) is 9.49. The van der Waals surface area contributed by atoms with Crippen molar-refractivity contribution in [3.63, 3.8) is 0 Å². The second kappa shape index (κ2) is 6.46. The maximum atomic E-state index is 11.6. The molecule has 25 heavy (non-hydrogen) atoms. The Morgan fingerprint density at radius 3 is 2.68 bits per heavy atom. The van der Waals surface area contributed by atoms with E-state index in [-0.39, 0.29) is 11.7 Å². The Balaban J connectivity index is 1.46. The van der Waals surface area contributed by atoms with Crippen molar-refractivity contribution in [1.82, 2.24) is 9.55 Å². The molecule has 1 saturated carbocycles. The normalized spacial score (nSPS) is 19.8. The lowest BCUT2D eigenvalue weighted by Gasteiger charge is -2.41. The predicted molar refractivity (Wildman–Crippen MR) is 96.3 cm³/mol. The van der Waals surface area contributed by atoms with Crippen LogP contribution in [0.15, 0.2) is 24.7 Å². The quantitative estimate of drug-likeness (QED) is 0.766. The van der Waals surface area contributed by atoms with Gasteiger partial charge in [0.1, 0.15) is 10.6 Å². The molecular formula is C18H23N3O3S. The van der Waals surface area contributed by atoms with Crippen LogP contribution in [-0.4, -0.2) is 42.8 Å². The summed E-state index contributed by atoms with van der Waals surface area (Å²) in [5, 5.41) is 1.11. The Bertz CT molecular complexity index is 757. The SMILES string of the molecule is COC(=O)c1ccc(N2CCC(OC)(n3cnc(C4CC4)c3)CC2)s1. The van der Waals surface area contributed by atoms with Crippen LogP contribution < -0.4 is 4.90 Å². The summed E-state index contributed by atoms with van der Waals surface area (Å²) in [5.41, 5.74) is 0.874. The highest BCUT2D eigenvalue weighted by molar-refractivity contribution is 7.17. The maximum Gasteiger partial charge on any atom is 0.348 e. The molecule has 0 aromatic carbocycles. The van der Waals surface area contributed by atoms with E-state index in [0.29, 0.717) is 10.8 Å². The summed E-state index contributed by atoms with van der Waals surface area (Å²) in [6.07, 6.45) is 8.37. The average molecular weight is 361 g/mol. The number of aromatic nitrogens is 2. The molecule has 2 fully saturated rings. The lowest BCUT2D eigenvalue weighted by Crippen LogP contribution is -2.46. The number of piperidine rings is 1. The highest BCUT2D eigenvalue weighted by atomic mass is 32.1. The highest BCUT2D eigenvalue weighted by Crippen LogP contribution is 2.41. The molecule has 4 rings (SSSR count). The van der Waals surface area contributed by atoms with E-state index in [4.69, 9.17) is 9.47 Å². The van der Waals surface area contributed by atoms with Gasteiger partial charge in [-0.05, 0) is 25.0 Å². The molecule has 2 aromatic rings. The predicted octanol–water partition coefficient (Wildman–Crippen LogP) is 3.21. The van der Waals surface area contributed by atoms with Crippen molar-refractivity contribution in [3.8, 4) is 0 Å². The van der Waals surface area contributed by atoms with Crippen molar-refractivity contribution < 1.29 is 14.3 Å². The molecule has 0 bridgehead atoms. The number of esters is 1. The maximum absolute atomic E-state index is 11.6. The molecule has 0 radical (unpaired) electrons. The van der Waals surface area contributed by atoms with Crippen molar-refractivity contribution in [1.29, 1.82) is 0 Å². The molecule has 1 saturated heterocycles. The van der Waals surface area contributed by atoms with Gasteiger partial charge in [0.05, 0.1) is 24.1 Å². The van der Waals surface area contributed by atoms with Gasteiger partial charge in [0, 0.05) is 45.2 Å². The van der Waals surface area contributed by atoms with Crippen molar-refractivity contribution in [2.24, 2.45) is 0 Å². The van der Waals surface area contributed by atoms with Gasteiger partial charge >= 0.3 is 5.97 Å². The monoisotopic (exact) mass is 361 g/mol. The molecule has 0 atom stereocenters. The van der Waals surface area contributed by atoms with Gasteiger partial charge in [0.15, 0.2) is 0 Å². The molecule has 1 aliphatic heterocycles. The first-order chi connectivity index (χ1) is 12.1. The molecular weight excluding hydrogens is 338 g/mol. The molecule has 6 nitrogen and oxygen atoms in total. The number of anilines is 1. The Hall–Kier alpha value is -1.86. The summed E-state index contributed by atoms with van der Waals surface area (Å²) < 4.78 is 12.9. The minimum absolute atomic E-state index is 0.273. The van der Waals surface area contributed by atoms with Gasteiger partial charge in [-0.2, -0.15) is 0 Å². The van der Waals surface area contributed by atoms with E-state index in [2.05, 4.69) is 20.6 Å². The number of ether oxygens (including phenoxy) is 2. The van der Waals surface area contributed by atoms with Crippen LogP contribution in [0.2, 0.25) is 0 Å². The Morgan fingerprint density at radius 1 is 1.28 bits per heavy atom. The topological polar surface area (TPSA) is 56.6 Å². The Kier molecular flexibility index (Phi) is 4.29. The summed E-state index contributed by atoms with van der Waals surface area (Å²) >= 11 is 1.48. The number of thiophene rings is 1. The number of methoxy groups -OCH3 is 2. The van der Waals surface area contributed by atoms with E-state index < -0.39 is 0 Å². The van der Waals surface area contributed by atoms with Crippen LogP contribution in [0.5, 0.6) is 0 Å². The van der Waals surface area contributed by atoms with E-state index in [0.717, 1.165) is 30.9 Å². The molecule has 1 aliphatic carbocycles. The van der Waals surface area contributed by atoms with E-state index in [9.17, 15) is 4.79 Å². The third-order valence-corrected chi connectivity index (χ3v) is 6.41. The zero-order valence-electron chi connectivity index (χ0n) is 14.6. The van der Waals surface area contributed by atoms with Gasteiger partial charge in [0.25, 0.3) is 0 Å². The van der Waals surface area contributed by atoms with E-state index >= 15 is 0 Å². The van der Waals surface area contributed by atoms with Crippen molar-refractivity contribution in [2.75, 3.05) is 32.2 Å². The van der Waals surface area contributed by atoms with Crippen molar-refractivity contribution in [2.45, 2.75) is 37.3 Å². The van der Waals surface area contributed by atoms with E-state index in [1.807, 2.05) is 18.5 Å². The fraction of sp³-hybridized carbons (Fsp3) is 0.556. The molecule has 7 heteroatoms. The number of carbonyl (C=O) groups excluding carboxylic acids is 1. The minimum Gasteiger partial charge on any atom is -0.465 e. The summed E-state index contributed by atoms with van der Waals surface area (Å²) in [6.45, 7) is 1.76. The second-order valence-electron chi connectivity index (χ2n) is 6.75. The highest BCUT2D eigenvalue weighted by Gasteiger charge is 2.38. The van der Waals surface area contributed by atoms with Gasteiger partial charge < -0.3 is 18.9 Å². The van der Waals surface area contributed by atoms with Crippen molar-refractivity contribution in [3.05, 3.63) is 35.2 Å². The average Bonchev–Trinajstić information content (AvgIpc) is 3.18. The van der Waals surface area contributed by atoms with Gasteiger partial charge in [-0.3, -0.25) is 0 Å². The Labute approximate surface area is 151 Å². The minimum atomic E-state index is -0.320. The van der Waals surface area contributed by atoms with E-state index in [1.54, 1.807) is 7.11 Å². The lowest BCUT2D eigenvalue weighted by molar-refractivity contribution is -0.0962. The van der Waals surface area contributed by atoms with E-state index in [1.165, 1.54) is 37.0 Å². The fourth-order valence-electron chi connectivity index (χ4n) is 3.50. The third-order valence-electron chi connectivity index (χ3n) is 5.28. The van der Waals surface area contributed by atoms with Crippen LogP contribution in [0.4, 0.5) is 5.00 Å². The van der Waals surface area contributed by atoms with Crippen LogP contribution in [-0.2, 0) is 15.2 Å². The summed E-state index contributed by atoms with van der Waals surface area (Å²) in [7, 11) is 3.20. The number of carbonyl (C=O) groups is 1. The van der Waals surface area contributed by atoms with Crippen LogP contribution in [0.1, 0.15) is 47.0 Å². The fourth-order valence-corrected chi connectivity index (χ4v) is 4.48. The molecule has 2 aromatic heterocycles. The molecule has 0 amide bonds. The van der Waals surface area contributed by atoms with Crippen LogP contribution in [0.25, 0.3) is 0 Å².